The summed E-state index contributed by atoms with van der Waals surface area (Å²) in [4.78, 5) is 31.2. The Kier molecular flexibility index (Phi) is 6.90. The Morgan fingerprint density at radius 2 is 1.67 bits per heavy atom. The molecule has 39 heavy (non-hydrogen) atoms. The molecule has 0 atom stereocenters. The predicted octanol–water partition coefficient (Wildman–Crippen LogP) is 2.81. The fraction of sp³-hybridized carbons (Fsp3) is 0.464. The molecular weight excluding hydrogens is 498 g/mol. The number of aromatic nitrogens is 2. The van der Waals surface area contributed by atoms with Crippen LogP contribution in [0.15, 0.2) is 30.3 Å². The van der Waals surface area contributed by atoms with E-state index in [0.29, 0.717) is 63.9 Å². The SMILES string of the molecule is NC(=O)c1ccc(-c2cc(OC3CCCC3)c3c(N)n[nH]c3c2)cc1N1CCN(C(=O)N2CCOCC2)CC1. The number of anilines is 2. The first-order chi connectivity index (χ1) is 19.0. The molecule has 11 nitrogen and oxygen atoms in total. The van der Waals surface area contributed by atoms with Crippen molar-refractivity contribution in [3.8, 4) is 16.9 Å². The number of carbonyl (C=O) groups is 2. The van der Waals surface area contributed by atoms with Gasteiger partial charge in [0.2, 0.25) is 0 Å². The molecule has 1 aliphatic carbocycles. The molecule has 3 aliphatic rings. The third-order valence-corrected chi connectivity index (χ3v) is 8.02. The first-order valence-corrected chi connectivity index (χ1v) is 13.7. The molecule has 3 amide bonds. The number of primary amides is 1. The van der Waals surface area contributed by atoms with Crippen molar-refractivity contribution in [3.63, 3.8) is 0 Å². The van der Waals surface area contributed by atoms with Crippen LogP contribution in [-0.2, 0) is 4.74 Å². The van der Waals surface area contributed by atoms with Crippen LogP contribution < -0.4 is 21.1 Å². The third-order valence-electron chi connectivity index (χ3n) is 8.02. The molecule has 2 aromatic carbocycles. The standard InChI is InChI=1S/C28H35N7O4/c29-26-25-22(31-32-26)15-19(17-24(25)39-20-3-1-2-4-20)18-5-6-21(27(30)36)23(16-18)33-7-9-34(10-8-33)28(37)35-11-13-38-14-12-35/h5-6,15-17,20H,1-4,7-14H2,(H2,30,36)(H3,29,31,32). The second-order valence-electron chi connectivity index (χ2n) is 10.5. The van der Waals surface area contributed by atoms with Crippen LogP contribution in [0.25, 0.3) is 22.0 Å². The van der Waals surface area contributed by atoms with E-state index in [4.69, 9.17) is 20.9 Å². The number of benzene rings is 2. The monoisotopic (exact) mass is 533 g/mol. The Balaban J connectivity index is 1.27. The molecule has 3 aromatic rings. The lowest BCUT2D eigenvalue weighted by Gasteiger charge is -2.39. The van der Waals surface area contributed by atoms with Crippen LogP contribution in [0.4, 0.5) is 16.3 Å². The van der Waals surface area contributed by atoms with Crippen molar-refractivity contribution in [1.82, 2.24) is 20.0 Å². The lowest BCUT2D eigenvalue weighted by molar-refractivity contribution is 0.0428. The number of nitrogens with two attached hydrogens (primary N) is 2. The third kappa shape index (κ3) is 5.06. The van der Waals surface area contributed by atoms with E-state index >= 15 is 0 Å². The minimum absolute atomic E-state index is 0.0451. The fourth-order valence-corrected chi connectivity index (χ4v) is 5.86. The average Bonchev–Trinajstić information content (AvgIpc) is 3.62. The molecule has 0 spiro atoms. The topological polar surface area (TPSA) is 143 Å². The number of amides is 3. The summed E-state index contributed by atoms with van der Waals surface area (Å²) in [6, 6.07) is 9.74. The smallest absolute Gasteiger partial charge is 0.320 e. The number of piperazine rings is 1. The van der Waals surface area contributed by atoms with Gasteiger partial charge in [-0.1, -0.05) is 6.07 Å². The van der Waals surface area contributed by atoms with E-state index in [9.17, 15) is 9.59 Å². The highest BCUT2D eigenvalue weighted by molar-refractivity contribution is 6.01. The molecule has 0 bridgehead atoms. The lowest BCUT2D eigenvalue weighted by atomic mass is 9.99. The van der Waals surface area contributed by atoms with Crippen LogP contribution in [0.3, 0.4) is 0 Å². The van der Waals surface area contributed by atoms with E-state index in [1.165, 1.54) is 0 Å². The van der Waals surface area contributed by atoms with Crippen LogP contribution in [0.2, 0.25) is 0 Å². The molecule has 6 rings (SSSR count). The number of H-pyrrole nitrogens is 1. The number of urea groups is 1. The van der Waals surface area contributed by atoms with Gasteiger partial charge < -0.3 is 35.6 Å². The molecule has 5 N–H and O–H groups in total. The van der Waals surface area contributed by atoms with Crippen molar-refractivity contribution >= 4 is 34.3 Å². The van der Waals surface area contributed by atoms with Gasteiger partial charge in [0.1, 0.15) is 5.75 Å². The summed E-state index contributed by atoms with van der Waals surface area (Å²) in [7, 11) is 0. The molecule has 1 aromatic heterocycles. The molecule has 2 saturated heterocycles. The van der Waals surface area contributed by atoms with Gasteiger partial charge in [-0.15, -0.1) is 0 Å². The second-order valence-corrected chi connectivity index (χ2v) is 10.5. The molecule has 0 radical (unpaired) electrons. The summed E-state index contributed by atoms with van der Waals surface area (Å²) in [6.07, 6.45) is 4.55. The van der Waals surface area contributed by atoms with Crippen LogP contribution in [0.5, 0.6) is 5.75 Å². The van der Waals surface area contributed by atoms with Crippen LogP contribution in [-0.4, -0.2) is 90.5 Å². The highest BCUT2D eigenvalue weighted by Crippen LogP contribution is 2.38. The average molecular weight is 534 g/mol. The molecule has 3 heterocycles. The van der Waals surface area contributed by atoms with E-state index in [0.717, 1.165) is 59.2 Å². The zero-order valence-corrected chi connectivity index (χ0v) is 22.0. The number of aromatic amines is 1. The fourth-order valence-electron chi connectivity index (χ4n) is 5.86. The first-order valence-electron chi connectivity index (χ1n) is 13.7. The second kappa shape index (κ2) is 10.6. The highest BCUT2D eigenvalue weighted by atomic mass is 16.5. The highest BCUT2D eigenvalue weighted by Gasteiger charge is 2.28. The van der Waals surface area contributed by atoms with Gasteiger partial charge in [-0.25, -0.2) is 4.79 Å². The van der Waals surface area contributed by atoms with Gasteiger partial charge in [0.25, 0.3) is 5.91 Å². The van der Waals surface area contributed by atoms with E-state index in [2.05, 4.69) is 15.1 Å². The number of nitrogens with one attached hydrogen (secondary N) is 1. The first kappa shape index (κ1) is 25.3. The number of morpholine rings is 1. The summed E-state index contributed by atoms with van der Waals surface area (Å²) < 4.78 is 11.8. The molecule has 11 heteroatoms. The number of nitrogens with zero attached hydrogens (tertiary/aromatic N) is 4. The number of nitrogen functional groups attached to an aromatic ring is 1. The van der Waals surface area contributed by atoms with Crippen molar-refractivity contribution in [1.29, 1.82) is 0 Å². The number of fused-ring (bicyclic) bond motifs is 1. The summed E-state index contributed by atoms with van der Waals surface area (Å²) in [5.41, 5.74) is 15.8. The van der Waals surface area contributed by atoms with Crippen molar-refractivity contribution < 1.29 is 19.1 Å². The minimum atomic E-state index is -0.481. The van der Waals surface area contributed by atoms with Crippen LogP contribution >= 0.6 is 0 Å². The maximum Gasteiger partial charge on any atom is 0.320 e. The number of ether oxygens (including phenoxy) is 2. The number of carbonyl (C=O) groups excluding carboxylic acids is 2. The molecule has 0 unspecified atom stereocenters. The van der Waals surface area contributed by atoms with Crippen molar-refractivity contribution in [2.24, 2.45) is 5.73 Å². The van der Waals surface area contributed by atoms with E-state index in [1.54, 1.807) is 6.07 Å². The zero-order chi connectivity index (χ0) is 26.9. The Morgan fingerprint density at radius 3 is 2.38 bits per heavy atom. The molecule has 1 saturated carbocycles. The van der Waals surface area contributed by atoms with Gasteiger partial charge in [0.05, 0.1) is 41.5 Å². The Morgan fingerprint density at radius 1 is 0.949 bits per heavy atom. The number of rotatable bonds is 5. The van der Waals surface area contributed by atoms with Crippen molar-refractivity contribution in [2.75, 3.05) is 63.1 Å². The number of hydrogen-bond acceptors (Lipinski definition) is 7. The zero-order valence-electron chi connectivity index (χ0n) is 22.0. The Hall–Kier alpha value is -3.99. The lowest BCUT2D eigenvalue weighted by Crippen LogP contribution is -2.55. The molecular formula is C28H35N7O4. The molecule has 2 aliphatic heterocycles. The van der Waals surface area contributed by atoms with Gasteiger partial charge in [0, 0.05) is 39.3 Å². The summed E-state index contributed by atoms with van der Waals surface area (Å²) >= 11 is 0. The molecule has 206 valence electrons. The minimum Gasteiger partial charge on any atom is -0.490 e. The Bertz CT molecular complexity index is 1370. The van der Waals surface area contributed by atoms with E-state index in [1.807, 2.05) is 34.1 Å². The van der Waals surface area contributed by atoms with E-state index < -0.39 is 5.91 Å². The van der Waals surface area contributed by atoms with Crippen LogP contribution in [0, 0.1) is 0 Å². The quantitative estimate of drug-likeness (QED) is 0.458. The van der Waals surface area contributed by atoms with Crippen molar-refractivity contribution in [2.45, 2.75) is 31.8 Å². The summed E-state index contributed by atoms with van der Waals surface area (Å²) in [5, 5.41) is 8.03. The van der Waals surface area contributed by atoms with E-state index in [-0.39, 0.29) is 12.1 Å². The predicted molar refractivity (Wildman–Crippen MR) is 149 cm³/mol. The molecule has 3 fully saturated rings. The van der Waals surface area contributed by atoms with Gasteiger partial charge in [-0.2, -0.15) is 5.10 Å². The van der Waals surface area contributed by atoms with Crippen LogP contribution in [0.1, 0.15) is 36.0 Å². The summed E-state index contributed by atoms with van der Waals surface area (Å²) in [6.45, 7) is 4.72. The van der Waals surface area contributed by atoms with Gasteiger partial charge in [-0.3, -0.25) is 9.89 Å². The van der Waals surface area contributed by atoms with Gasteiger partial charge in [0.15, 0.2) is 5.82 Å². The normalized spacial score (nSPS) is 18.6. The largest absolute Gasteiger partial charge is 0.490 e. The maximum absolute atomic E-state index is 12.9. The number of hydrogen-bond donors (Lipinski definition) is 3. The van der Waals surface area contributed by atoms with Crippen molar-refractivity contribution in [3.05, 3.63) is 35.9 Å². The Labute approximate surface area is 227 Å². The van der Waals surface area contributed by atoms with Gasteiger partial charge in [-0.05, 0) is 61.1 Å². The summed E-state index contributed by atoms with van der Waals surface area (Å²) in [5.74, 6) is 0.653. The van der Waals surface area contributed by atoms with Gasteiger partial charge >= 0.3 is 6.03 Å². The maximum atomic E-state index is 12.9.